The van der Waals surface area contributed by atoms with E-state index >= 15 is 0 Å². The molecule has 11 heteroatoms. The molecule has 1 atom stereocenters. The lowest BCUT2D eigenvalue weighted by Crippen LogP contribution is -2.07. The Hall–Kier alpha value is -0.530. The first-order valence-electron chi connectivity index (χ1n) is 4.17. The SMILES string of the molecule is C=C(C)C(=O)OOP(=O)(OCC)OP(=O)(O)O. The van der Waals surface area contributed by atoms with E-state index in [1.807, 2.05) is 0 Å². The maximum atomic E-state index is 11.5. The molecule has 0 aliphatic heterocycles. The van der Waals surface area contributed by atoms with E-state index in [-0.39, 0.29) is 12.2 Å². The van der Waals surface area contributed by atoms with Crippen LogP contribution in [0, 0.1) is 0 Å². The molecule has 100 valence electrons. The van der Waals surface area contributed by atoms with E-state index in [0.29, 0.717) is 0 Å². The molecule has 0 aliphatic rings. The molecule has 0 saturated carbocycles. The maximum Gasteiger partial charge on any atom is 0.520 e. The summed E-state index contributed by atoms with van der Waals surface area (Å²) in [5.41, 5.74) is -0.0794. The van der Waals surface area contributed by atoms with Crippen molar-refractivity contribution in [3.05, 3.63) is 12.2 Å². The third-order valence-corrected chi connectivity index (χ3v) is 3.53. The van der Waals surface area contributed by atoms with Crippen LogP contribution in [0.3, 0.4) is 0 Å². The van der Waals surface area contributed by atoms with Crippen LogP contribution in [0.5, 0.6) is 0 Å². The third-order valence-electron chi connectivity index (χ3n) is 1.05. The summed E-state index contributed by atoms with van der Waals surface area (Å²) in [4.78, 5) is 31.8. The van der Waals surface area contributed by atoms with Crippen molar-refractivity contribution in [3.63, 3.8) is 0 Å². The molecule has 1 unspecified atom stereocenters. The van der Waals surface area contributed by atoms with Gasteiger partial charge in [-0.3, -0.25) is 9.41 Å². The summed E-state index contributed by atoms with van der Waals surface area (Å²) >= 11 is 0. The standard InChI is InChI=1S/C6H12O9P2/c1-4-12-17(11,15-16(8,9)10)14-13-6(7)5(2)3/h2,4H2,1,3H3,(H2,8,9,10). The largest absolute Gasteiger partial charge is 0.520 e. The minimum atomic E-state index is -5.13. The van der Waals surface area contributed by atoms with Crippen LogP contribution in [0.15, 0.2) is 12.2 Å². The Balaban J connectivity index is 4.63. The van der Waals surface area contributed by atoms with Crippen molar-refractivity contribution in [2.24, 2.45) is 0 Å². The second kappa shape index (κ2) is 6.42. The van der Waals surface area contributed by atoms with Gasteiger partial charge >= 0.3 is 21.6 Å². The first kappa shape index (κ1) is 16.5. The summed E-state index contributed by atoms with van der Waals surface area (Å²) in [6, 6.07) is 0. The predicted molar refractivity (Wildman–Crippen MR) is 54.4 cm³/mol. The third kappa shape index (κ3) is 7.40. The molecule has 0 amide bonds. The molecule has 0 bridgehead atoms. The van der Waals surface area contributed by atoms with E-state index in [1.54, 1.807) is 0 Å². The van der Waals surface area contributed by atoms with Gasteiger partial charge in [0.05, 0.1) is 6.61 Å². The van der Waals surface area contributed by atoms with Crippen LogP contribution in [0.25, 0.3) is 0 Å². The summed E-state index contributed by atoms with van der Waals surface area (Å²) in [6.07, 6.45) is 0. The molecule has 0 fully saturated rings. The highest BCUT2D eigenvalue weighted by atomic mass is 31.3. The van der Waals surface area contributed by atoms with E-state index in [2.05, 4.69) is 25.0 Å². The second-order valence-electron chi connectivity index (χ2n) is 2.66. The molecule has 0 aromatic heterocycles. The Kier molecular flexibility index (Phi) is 6.22. The van der Waals surface area contributed by atoms with Crippen LogP contribution in [0.1, 0.15) is 13.8 Å². The first-order valence-corrected chi connectivity index (χ1v) is 7.16. The summed E-state index contributed by atoms with van der Waals surface area (Å²) in [5, 5.41) is 0. The number of carbonyl (C=O) groups excluding carboxylic acids is 1. The number of phosphoric acid groups is 2. The first-order chi connectivity index (χ1) is 7.59. The molecule has 0 rings (SSSR count). The molecular weight excluding hydrogens is 278 g/mol. The Labute approximate surface area is 97.1 Å². The molecule has 9 nitrogen and oxygen atoms in total. The van der Waals surface area contributed by atoms with E-state index < -0.39 is 21.6 Å². The van der Waals surface area contributed by atoms with Gasteiger partial charge < -0.3 is 9.79 Å². The van der Waals surface area contributed by atoms with Gasteiger partial charge in [0.15, 0.2) is 0 Å². The van der Waals surface area contributed by atoms with Crippen LogP contribution in [-0.4, -0.2) is 22.4 Å². The zero-order valence-electron chi connectivity index (χ0n) is 9.06. The van der Waals surface area contributed by atoms with Crippen molar-refractivity contribution in [1.82, 2.24) is 0 Å². The van der Waals surface area contributed by atoms with Gasteiger partial charge in [-0.05, 0) is 13.8 Å². The smallest absolute Gasteiger partial charge is 0.302 e. The minimum Gasteiger partial charge on any atom is -0.302 e. The Bertz CT molecular complexity index is 383. The Morgan fingerprint density at radius 2 is 1.88 bits per heavy atom. The number of rotatable bonds is 7. The topological polar surface area (TPSA) is 129 Å². The fourth-order valence-corrected chi connectivity index (χ4v) is 2.36. The van der Waals surface area contributed by atoms with Gasteiger partial charge in [-0.1, -0.05) is 11.3 Å². The molecule has 0 aromatic carbocycles. The summed E-state index contributed by atoms with van der Waals surface area (Å²) in [7, 11) is -9.81. The minimum absolute atomic E-state index is 0.0794. The second-order valence-corrected chi connectivity index (χ2v) is 5.60. The molecule has 0 saturated heterocycles. The van der Waals surface area contributed by atoms with E-state index in [4.69, 9.17) is 9.79 Å². The van der Waals surface area contributed by atoms with Gasteiger partial charge in [-0.2, -0.15) is 4.31 Å². The van der Waals surface area contributed by atoms with Crippen molar-refractivity contribution in [2.75, 3.05) is 6.61 Å². The van der Waals surface area contributed by atoms with Crippen LogP contribution in [0.2, 0.25) is 0 Å². The zero-order chi connectivity index (χ0) is 13.7. The maximum absolute atomic E-state index is 11.5. The number of hydrogen-bond acceptors (Lipinski definition) is 7. The van der Waals surface area contributed by atoms with Gasteiger partial charge in [0.25, 0.3) is 0 Å². The lowest BCUT2D eigenvalue weighted by atomic mass is 10.4. The molecule has 0 spiro atoms. The van der Waals surface area contributed by atoms with Crippen LogP contribution >= 0.6 is 15.6 Å². The van der Waals surface area contributed by atoms with Crippen molar-refractivity contribution in [2.45, 2.75) is 13.8 Å². The molecule has 0 radical (unpaired) electrons. The van der Waals surface area contributed by atoms with E-state index in [9.17, 15) is 13.9 Å². The number of hydrogen-bond donors (Lipinski definition) is 2. The van der Waals surface area contributed by atoms with Crippen molar-refractivity contribution >= 4 is 21.6 Å². The van der Waals surface area contributed by atoms with Crippen molar-refractivity contribution in [3.8, 4) is 0 Å². The Morgan fingerprint density at radius 1 is 1.35 bits per heavy atom. The fourth-order valence-electron chi connectivity index (χ4n) is 0.498. The van der Waals surface area contributed by atoms with Crippen LogP contribution in [-0.2, 0) is 32.3 Å². The monoisotopic (exact) mass is 290 g/mol. The van der Waals surface area contributed by atoms with Crippen molar-refractivity contribution < 1.29 is 42.1 Å². The molecule has 0 heterocycles. The van der Waals surface area contributed by atoms with Gasteiger partial charge in [0.2, 0.25) is 0 Å². The van der Waals surface area contributed by atoms with E-state index in [1.165, 1.54) is 13.8 Å². The highest BCUT2D eigenvalue weighted by molar-refractivity contribution is 7.61. The molecule has 0 aromatic rings. The quantitative estimate of drug-likeness (QED) is 0.308. The average Bonchev–Trinajstić information content (AvgIpc) is 2.11. The molecular formula is C6H12O9P2. The summed E-state index contributed by atoms with van der Waals surface area (Å²) in [6.45, 7) is 5.59. The normalized spacial score (nSPS) is 15.1. The van der Waals surface area contributed by atoms with Gasteiger partial charge in [-0.15, -0.1) is 0 Å². The number of carbonyl (C=O) groups is 1. The summed E-state index contributed by atoms with van der Waals surface area (Å²) in [5.74, 6) is -1.08. The fraction of sp³-hybridized carbons (Fsp3) is 0.500. The lowest BCUT2D eigenvalue weighted by Gasteiger charge is -2.15. The summed E-state index contributed by atoms with van der Waals surface area (Å²) < 4.78 is 34.1. The molecule has 17 heavy (non-hydrogen) atoms. The van der Waals surface area contributed by atoms with Gasteiger partial charge in [-0.25, -0.2) is 13.9 Å². The predicted octanol–water partition coefficient (Wildman–Crippen LogP) is 1.29. The highest BCUT2D eigenvalue weighted by Gasteiger charge is 2.38. The lowest BCUT2D eigenvalue weighted by molar-refractivity contribution is -0.218. The van der Waals surface area contributed by atoms with Crippen LogP contribution < -0.4 is 0 Å². The van der Waals surface area contributed by atoms with E-state index in [0.717, 1.165) is 0 Å². The van der Waals surface area contributed by atoms with Crippen molar-refractivity contribution in [1.29, 1.82) is 0 Å². The molecule has 2 N–H and O–H groups in total. The van der Waals surface area contributed by atoms with Gasteiger partial charge in [0.1, 0.15) is 0 Å². The van der Waals surface area contributed by atoms with Gasteiger partial charge in [0, 0.05) is 5.57 Å². The van der Waals surface area contributed by atoms with Crippen LogP contribution in [0.4, 0.5) is 0 Å². The zero-order valence-corrected chi connectivity index (χ0v) is 10.8. The Morgan fingerprint density at radius 3 is 2.24 bits per heavy atom. The average molecular weight is 290 g/mol. The molecule has 0 aliphatic carbocycles. The highest BCUT2D eigenvalue weighted by Crippen LogP contribution is 2.61.